The topological polar surface area (TPSA) is 26.0 Å². The van der Waals surface area contributed by atoms with E-state index >= 15 is 0 Å². The molecule has 0 aromatic heterocycles. The predicted octanol–water partition coefficient (Wildman–Crippen LogP) is 2.56. The van der Waals surface area contributed by atoms with Gasteiger partial charge < -0.3 is 5.73 Å². The Bertz CT molecular complexity index is 208. The van der Waals surface area contributed by atoms with E-state index in [1.54, 1.807) is 0 Å². The number of rotatable bonds is 2. The summed E-state index contributed by atoms with van der Waals surface area (Å²) in [5, 5.41) is 0. The molecule has 0 aliphatic heterocycles. The van der Waals surface area contributed by atoms with Crippen molar-refractivity contribution in [1.82, 2.24) is 0 Å². The summed E-state index contributed by atoms with van der Waals surface area (Å²) >= 11 is 0. The number of hydrogen-bond donors (Lipinski definition) is 1. The maximum Gasteiger partial charge on any atom is 0.00766 e. The van der Waals surface area contributed by atoms with E-state index in [-0.39, 0.29) is 18.4 Å². The second kappa shape index (κ2) is 5.18. The Morgan fingerprint density at radius 2 is 1.58 bits per heavy atom. The molecule has 1 aromatic rings. The first-order chi connectivity index (χ1) is 5.22. The van der Waals surface area contributed by atoms with Gasteiger partial charge in [-0.25, -0.2) is 0 Å². The SMILES string of the molecule is CC(N)[C@@H](C)c1ccccc1.Cl. The van der Waals surface area contributed by atoms with Crippen LogP contribution in [-0.2, 0) is 0 Å². The molecule has 1 nitrogen and oxygen atoms in total. The summed E-state index contributed by atoms with van der Waals surface area (Å²) in [5.74, 6) is 0.455. The highest BCUT2D eigenvalue weighted by molar-refractivity contribution is 5.85. The molecule has 2 heteroatoms. The predicted molar refractivity (Wildman–Crippen MR) is 55.8 cm³/mol. The molecular weight excluding hydrogens is 170 g/mol. The van der Waals surface area contributed by atoms with Crippen molar-refractivity contribution in [2.24, 2.45) is 5.73 Å². The van der Waals surface area contributed by atoms with Gasteiger partial charge in [-0.3, -0.25) is 0 Å². The second-order valence-corrected chi connectivity index (χ2v) is 3.06. The monoisotopic (exact) mass is 185 g/mol. The van der Waals surface area contributed by atoms with E-state index in [2.05, 4.69) is 19.1 Å². The minimum atomic E-state index is 0. The average molecular weight is 186 g/mol. The van der Waals surface area contributed by atoms with Gasteiger partial charge in [0.25, 0.3) is 0 Å². The van der Waals surface area contributed by atoms with Gasteiger partial charge in [-0.05, 0) is 18.4 Å². The van der Waals surface area contributed by atoms with Gasteiger partial charge in [0.15, 0.2) is 0 Å². The Balaban J connectivity index is 0.00000121. The molecule has 2 atom stereocenters. The summed E-state index contributed by atoms with van der Waals surface area (Å²) in [6.07, 6.45) is 0. The van der Waals surface area contributed by atoms with Crippen molar-refractivity contribution >= 4 is 12.4 Å². The Hall–Kier alpha value is -0.530. The molecule has 0 spiro atoms. The zero-order valence-electron chi connectivity index (χ0n) is 7.53. The van der Waals surface area contributed by atoms with E-state index in [4.69, 9.17) is 5.73 Å². The normalized spacial score (nSPS) is 14.6. The van der Waals surface area contributed by atoms with Crippen LogP contribution in [0.4, 0.5) is 0 Å². The average Bonchev–Trinajstić information content (AvgIpc) is 2.05. The Kier molecular flexibility index (Phi) is 4.95. The molecule has 68 valence electrons. The van der Waals surface area contributed by atoms with Gasteiger partial charge in [-0.2, -0.15) is 0 Å². The highest BCUT2D eigenvalue weighted by Crippen LogP contribution is 2.16. The first-order valence-corrected chi connectivity index (χ1v) is 4.02. The smallest absolute Gasteiger partial charge is 0.00766 e. The lowest BCUT2D eigenvalue weighted by Crippen LogP contribution is -2.22. The van der Waals surface area contributed by atoms with Gasteiger partial charge >= 0.3 is 0 Å². The lowest BCUT2D eigenvalue weighted by Gasteiger charge is -2.15. The van der Waals surface area contributed by atoms with Gasteiger partial charge in [0.1, 0.15) is 0 Å². The quantitative estimate of drug-likeness (QED) is 0.753. The third kappa shape index (κ3) is 2.84. The van der Waals surface area contributed by atoms with E-state index < -0.39 is 0 Å². The summed E-state index contributed by atoms with van der Waals surface area (Å²) in [6, 6.07) is 10.6. The fourth-order valence-corrected chi connectivity index (χ4v) is 1.06. The summed E-state index contributed by atoms with van der Waals surface area (Å²) in [5.41, 5.74) is 7.09. The maximum atomic E-state index is 5.77. The molecule has 0 saturated carbocycles. The van der Waals surface area contributed by atoms with Crippen molar-refractivity contribution in [2.75, 3.05) is 0 Å². The molecule has 1 unspecified atom stereocenters. The molecule has 0 bridgehead atoms. The van der Waals surface area contributed by atoms with Gasteiger partial charge in [0, 0.05) is 6.04 Å². The third-order valence-corrected chi connectivity index (χ3v) is 2.11. The highest BCUT2D eigenvalue weighted by Gasteiger charge is 2.08. The summed E-state index contributed by atoms with van der Waals surface area (Å²) in [7, 11) is 0. The van der Waals surface area contributed by atoms with Crippen LogP contribution in [0.1, 0.15) is 25.3 Å². The van der Waals surface area contributed by atoms with Crippen molar-refractivity contribution in [1.29, 1.82) is 0 Å². The first-order valence-electron chi connectivity index (χ1n) is 4.02. The first kappa shape index (κ1) is 11.5. The molecule has 0 amide bonds. The van der Waals surface area contributed by atoms with Crippen molar-refractivity contribution in [3.05, 3.63) is 35.9 Å². The van der Waals surface area contributed by atoms with Crippen molar-refractivity contribution in [3.8, 4) is 0 Å². The number of benzene rings is 1. The van der Waals surface area contributed by atoms with E-state index in [1.807, 2.05) is 25.1 Å². The van der Waals surface area contributed by atoms with Crippen molar-refractivity contribution in [2.45, 2.75) is 25.8 Å². The molecule has 12 heavy (non-hydrogen) atoms. The standard InChI is InChI=1S/C10H15N.ClH/c1-8(9(2)11)10-6-4-3-5-7-10;/h3-9H,11H2,1-2H3;1H/t8-,9?;/m1./s1. The zero-order chi connectivity index (χ0) is 8.27. The van der Waals surface area contributed by atoms with Gasteiger partial charge in [0.05, 0.1) is 0 Å². The summed E-state index contributed by atoms with van der Waals surface area (Å²) in [6.45, 7) is 4.19. The van der Waals surface area contributed by atoms with Crippen LogP contribution in [0.3, 0.4) is 0 Å². The van der Waals surface area contributed by atoms with E-state index in [0.717, 1.165) is 0 Å². The molecular formula is C10H16ClN. The Morgan fingerprint density at radius 1 is 1.08 bits per heavy atom. The van der Waals surface area contributed by atoms with E-state index in [0.29, 0.717) is 5.92 Å². The fourth-order valence-electron chi connectivity index (χ4n) is 1.06. The lowest BCUT2D eigenvalue weighted by atomic mass is 9.95. The van der Waals surface area contributed by atoms with Gasteiger partial charge in [-0.1, -0.05) is 37.3 Å². The van der Waals surface area contributed by atoms with E-state index in [1.165, 1.54) is 5.56 Å². The number of halogens is 1. The van der Waals surface area contributed by atoms with Crippen LogP contribution in [0.2, 0.25) is 0 Å². The van der Waals surface area contributed by atoms with Crippen LogP contribution in [-0.4, -0.2) is 6.04 Å². The number of nitrogens with two attached hydrogens (primary N) is 1. The fraction of sp³-hybridized carbons (Fsp3) is 0.400. The Labute approximate surface area is 80.4 Å². The maximum absolute atomic E-state index is 5.77. The highest BCUT2D eigenvalue weighted by atomic mass is 35.5. The number of hydrogen-bond acceptors (Lipinski definition) is 1. The molecule has 0 heterocycles. The van der Waals surface area contributed by atoms with Crippen LogP contribution in [0, 0.1) is 0 Å². The van der Waals surface area contributed by atoms with Gasteiger partial charge in [0.2, 0.25) is 0 Å². The molecule has 1 rings (SSSR count). The molecule has 0 fully saturated rings. The van der Waals surface area contributed by atoms with Gasteiger partial charge in [-0.15, -0.1) is 12.4 Å². The second-order valence-electron chi connectivity index (χ2n) is 3.06. The molecule has 0 saturated heterocycles. The summed E-state index contributed by atoms with van der Waals surface area (Å²) < 4.78 is 0. The van der Waals surface area contributed by atoms with E-state index in [9.17, 15) is 0 Å². The van der Waals surface area contributed by atoms with Crippen LogP contribution in [0.25, 0.3) is 0 Å². The lowest BCUT2D eigenvalue weighted by molar-refractivity contribution is 0.613. The molecule has 0 aliphatic carbocycles. The van der Waals surface area contributed by atoms with Crippen molar-refractivity contribution < 1.29 is 0 Å². The molecule has 0 aliphatic rings. The van der Waals surface area contributed by atoms with Crippen LogP contribution < -0.4 is 5.73 Å². The van der Waals surface area contributed by atoms with Crippen LogP contribution in [0.15, 0.2) is 30.3 Å². The van der Waals surface area contributed by atoms with Crippen LogP contribution in [0.5, 0.6) is 0 Å². The molecule has 2 N–H and O–H groups in total. The largest absolute Gasteiger partial charge is 0.327 e. The molecule has 0 radical (unpaired) electrons. The summed E-state index contributed by atoms with van der Waals surface area (Å²) in [4.78, 5) is 0. The Morgan fingerprint density at radius 3 is 2.00 bits per heavy atom. The van der Waals surface area contributed by atoms with Crippen molar-refractivity contribution in [3.63, 3.8) is 0 Å². The zero-order valence-corrected chi connectivity index (χ0v) is 8.34. The molecule has 1 aromatic carbocycles. The van der Waals surface area contributed by atoms with Crippen LogP contribution >= 0.6 is 12.4 Å². The third-order valence-electron chi connectivity index (χ3n) is 2.11. The minimum Gasteiger partial charge on any atom is -0.327 e. The minimum absolute atomic E-state index is 0.